The Kier molecular flexibility index (Phi) is 5.37. The number of nitrogens with zero attached hydrogens (tertiary/aromatic N) is 3. The highest BCUT2D eigenvalue weighted by Gasteiger charge is 2.21. The summed E-state index contributed by atoms with van der Waals surface area (Å²) in [6, 6.07) is 23.7. The molecule has 0 atom stereocenters. The average Bonchev–Trinajstić information content (AvgIpc) is 3.20. The maximum atomic E-state index is 13.4. The fraction of sp³-hybridized carbons (Fsp3) is 0.0800. The van der Waals surface area contributed by atoms with Crippen molar-refractivity contribution in [3.63, 3.8) is 0 Å². The van der Waals surface area contributed by atoms with Gasteiger partial charge < -0.3 is 0 Å². The van der Waals surface area contributed by atoms with E-state index in [0.29, 0.717) is 23.1 Å². The molecule has 0 fully saturated rings. The van der Waals surface area contributed by atoms with Crippen LogP contribution in [-0.4, -0.2) is 15.9 Å². The number of carbonyl (C=O) groups is 1. The molecule has 0 radical (unpaired) electrons. The first-order valence-corrected chi connectivity index (χ1v) is 11.1. The molecule has 6 heteroatoms. The van der Waals surface area contributed by atoms with Gasteiger partial charge in [-0.3, -0.25) is 14.7 Å². The molecule has 0 spiro atoms. The zero-order chi connectivity index (χ0) is 21.2. The van der Waals surface area contributed by atoms with Gasteiger partial charge in [-0.25, -0.2) is 4.98 Å². The molecule has 0 saturated heterocycles. The van der Waals surface area contributed by atoms with E-state index in [2.05, 4.69) is 29.2 Å². The number of anilines is 1. The zero-order valence-electron chi connectivity index (χ0n) is 16.5. The topological polar surface area (TPSA) is 46.1 Å². The summed E-state index contributed by atoms with van der Waals surface area (Å²) in [7, 11) is 0. The third kappa shape index (κ3) is 4.29. The van der Waals surface area contributed by atoms with Crippen LogP contribution in [-0.2, 0) is 17.8 Å². The first-order valence-electron chi connectivity index (χ1n) is 9.89. The summed E-state index contributed by atoms with van der Waals surface area (Å²) in [5.74, 6) is -0.00992. The second-order valence-electron chi connectivity index (χ2n) is 7.31. The molecule has 0 aliphatic heterocycles. The molecule has 4 nitrogen and oxygen atoms in total. The fourth-order valence-electron chi connectivity index (χ4n) is 3.56. The smallest absolute Gasteiger partial charge is 0.233 e. The highest BCUT2D eigenvalue weighted by atomic mass is 35.5. The molecule has 3 aromatic carbocycles. The van der Waals surface area contributed by atoms with Crippen molar-refractivity contribution in [3.8, 4) is 0 Å². The number of pyridine rings is 1. The lowest BCUT2D eigenvalue weighted by Gasteiger charge is -2.20. The Morgan fingerprint density at radius 1 is 0.935 bits per heavy atom. The first kappa shape index (κ1) is 19.7. The number of rotatable bonds is 5. The van der Waals surface area contributed by atoms with Crippen molar-refractivity contribution in [1.82, 2.24) is 9.97 Å². The van der Waals surface area contributed by atoms with E-state index in [1.165, 1.54) is 11.3 Å². The number of hydrogen-bond acceptors (Lipinski definition) is 4. The Morgan fingerprint density at radius 3 is 2.65 bits per heavy atom. The molecule has 0 aliphatic rings. The van der Waals surface area contributed by atoms with Crippen LogP contribution in [0.3, 0.4) is 0 Å². The zero-order valence-corrected chi connectivity index (χ0v) is 18.1. The molecular formula is C25H18ClN3OS. The van der Waals surface area contributed by atoms with Crippen molar-refractivity contribution in [1.29, 1.82) is 0 Å². The van der Waals surface area contributed by atoms with E-state index < -0.39 is 0 Å². The third-order valence-corrected chi connectivity index (χ3v) is 6.38. The lowest BCUT2D eigenvalue weighted by Crippen LogP contribution is -2.31. The minimum absolute atomic E-state index is 0.00992. The van der Waals surface area contributed by atoms with E-state index in [1.807, 2.05) is 48.5 Å². The molecule has 0 bridgehead atoms. The van der Waals surface area contributed by atoms with Gasteiger partial charge in [0, 0.05) is 17.4 Å². The molecule has 152 valence electrons. The van der Waals surface area contributed by atoms with E-state index in [1.54, 1.807) is 17.3 Å². The minimum atomic E-state index is -0.00992. The van der Waals surface area contributed by atoms with E-state index in [9.17, 15) is 4.79 Å². The van der Waals surface area contributed by atoms with E-state index in [-0.39, 0.29) is 5.91 Å². The predicted octanol–water partition coefficient (Wildman–Crippen LogP) is 6.27. The highest BCUT2D eigenvalue weighted by Crippen LogP contribution is 2.32. The lowest BCUT2D eigenvalue weighted by atomic mass is 10.0. The number of carbonyl (C=O) groups excluding carboxylic acids is 1. The van der Waals surface area contributed by atoms with Crippen LogP contribution in [0.1, 0.15) is 11.1 Å². The maximum Gasteiger partial charge on any atom is 0.233 e. The van der Waals surface area contributed by atoms with Crippen LogP contribution < -0.4 is 4.90 Å². The van der Waals surface area contributed by atoms with Crippen molar-refractivity contribution >= 4 is 55.0 Å². The van der Waals surface area contributed by atoms with E-state index in [4.69, 9.17) is 16.6 Å². The molecule has 0 aliphatic carbocycles. The fourth-order valence-corrected chi connectivity index (χ4v) is 4.82. The molecule has 31 heavy (non-hydrogen) atoms. The van der Waals surface area contributed by atoms with E-state index >= 15 is 0 Å². The van der Waals surface area contributed by atoms with Crippen LogP contribution in [0.5, 0.6) is 0 Å². The van der Waals surface area contributed by atoms with Crippen LogP contribution in [0, 0.1) is 0 Å². The SMILES string of the molecule is O=C(Cc1ccc2ccccc2c1)N(Cc1cccnc1)c1nc2ccc(Cl)cc2s1. The van der Waals surface area contributed by atoms with Gasteiger partial charge in [0.25, 0.3) is 0 Å². The van der Waals surface area contributed by atoms with Crippen LogP contribution in [0.4, 0.5) is 5.13 Å². The molecule has 0 saturated carbocycles. The normalized spacial score (nSPS) is 11.1. The van der Waals surface area contributed by atoms with Gasteiger partial charge in [-0.1, -0.05) is 71.5 Å². The Balaban J connectivity index is 1.49. The summed E-state index contributed by atoms with van der Waals surface area (Å²) < 4.78 is 0.956. The van der Waals surface area contributed by atoms with Gasteiger partial charge in [-0.05, 0) is 46.2 Å². The van der Waals surface area contributed by atoms with Crippen LogP contribution in [0.25, 0.3) is 21.0 Å². The number of fused-ring (bicyclic) bond motifs is 2. The van der Waals surface area contributed by atoms with Crippen LogP contribution in [0.2, 0.25) is 5.02 Å². The standard InChI is InChI=1S/C25H18ClN3OS/c26-21-9-10-22-23(14-21)31-25(28-22)29(16-18-4-3-11-27-15-18)24(30)13-17-7-8-19-5-1-2-6-20(19)12-17/h1-12,14-15H,13,16H2. The Hall–Kier alpha value is -3.28. The number of aromatic nitrogens is 2. The summed E-state index contributed by atoms with van der Waals surface area (Å²) >= 11 is 7.61. The molecule has 5 rings (SSSR count). The van der Waals surface area contributed by atoms with Crippen molar-refractivity contribution in [2.24, 2.45) is 0 Å². The maximum absolute atomic E-state index is 13.4. The van der Waals surface area contributed by atoms with Gasteiger partial charge in [-0.2, -0.15) is 0 Å². The molecule has 1 amide bonds. The van der Waals surface area contributed by atoms with Crippen molar-refractivity contribution in [3.05, 3.63) is 101 Å². The Morgan fingerprint density at radius 2 is 1.81 bits per heavy atom. The second kappa shape index (κ2) is 8.46. The molecule has 0 N–H and O–H groups in total. The number of hydrogen-bond donors (Lipinski definition) is 0. The largest absolute Gasteiger partial charge is 0.283 e. The van der Waals surface area contributed by atoms with Gasteiger partial charge in [0.2, 0.25) is 5.91 Å². The average molecular weight is 444 g/mol. The van der Waals surface area contributed by atoms with Gasteiger partial charge in [0.05, 0.1) is 23.2 Å². The number of halogens is 1. The Labute approximate surface area is 188 Å². The number of benzene rings is 3. The van der Waals surface area contributed by atoms with Gasteiger partial charge in [-0.15, -0.1) is 0 Å². The van der Waals surface area contributed by atoms with Crippen molar-refractivity contribution < 1.29 is 4.79 Å². The second-order valence-corrected chi connectivity index (χ2v) is 8.75. The number of amides is 1. The summed E-state index contributed by atoms with van der Waals surface area (Å²) in [5, 5.41) is 3.60. The predicted molar refractivity (Wildman–Crippen MR) is 128 cm³/mol. The summed E-state index contributed by atoms with van der Waals surface area (Å²) in [5.41, 5.74) is 2.76. The van der Waals surface area contributed by atoms with Gasteiger partial charge in [0.1, 0.15) is 0 Å². The molecule has 5 aromatic rings. The Bertz CT molecular complexity index is 1380. The third-order valence-electron chi connectivity index (χ3n) is 5.10. The quantitative estimate of drug-likeness (QED) is 0.321. The lowest BCUT2D eigenvalue weighted by molar-refractivity contribution is -0.118. The molecule has 0 unspecified atom stereocenters. The molecular weight excluding hydrogens is 426 g/mol. The molecule has 2 aromatic heterocycles. The summed E-state index contributed by atoms with van der Waals surface area (Å²) in [6.45, 7) is 0.411. The van der Waals surface area contributed by atoms with E-state index in [0.717, 1.165) is 32.1 Å². The van der Waals surface area contributed by atoms with Crippen LogP contribution >= 0.6 is 22.9 Å². The van der Waals surface area contributed by atoms with Crippen molar-refractivity contribution in [2.75, 3.05) is 4.90 Å². The molecule has 2 heterocycles. The summed E-state index contributed by atoms with van der Waals surface area (Å²) in [4.78, 5) is 24.1. The van der Waals surface area contributed by atoms with Crippen LogP contribution in [0.15, 0.2) is 85.2 Å². The minimum Gasteiger partial charge on any atom is -0.283 e. The highest BCUT2D eigenvalue weighted by molar-refractivity contribution is 7.22. The number of thiazole rings is 1. The van der Waals surface area contributed by atoms with Gasteiger partial charge >= 0.3 is 0 Å². The van der Waals surface area contributed by atoms with Crippen molar-refractivity contribution in [2.45, 2.75) is 13.0 Å². The van der Waals surface area contributed by atoms with Gasteiger partial charge in [0.15, 0.2) is 5.13 Å². The first-order chi connectivity index (χ1) is 15.2. The summed E-state index contributed by atoms with van der Waals surface area (Å²) in [6.07, 6.45) is 3.80. The monoisotopic (exact) mass is 443 g/mol.